The summed E-state index contributed by atoms with van der Waals surface area (Å²) in [6.45, 7) is 0. The molecule has 5 rings (SSSR count). The predicted octanol–water partition coefficient (Wildman–Crippen LogP) is 5.67. The first kappa shape index (κ1) is 17.3. The van der Waals surface area contributed by atoms with Crippen LogP contribution in [0.4, 0.5) is 0 Å². The van der Waals surface area contributed by atoms with E-state index >= 15 is 0 Å². The number of hydrogen-bond acceptors (Lipinski definition) is 2. The van der Waals surface area contributed by atoms with Gasteiger partial charge in [0.15, 0.2) is 0 Å². The van der Waals surface area contributed by atoms with E-state index < -0.39 is 5.41 Å². The quantitative estimate of drug-likeness (QED) is 0.380. The van der Waals surface area contributed by atoms with Gasteiger partial charge in [0.25, 0.3) is 0 Å². The highest BCUT2D eigenvalue weighted by Crippen LogP contribution is 2.56. The van der Waals surface area contributed by atoms with E-state index in [4.69, 9.17) is 0 Å². The Hall–Kier alpha value is -3.78. The number of carbonyl (C=O) groups is 2. The van der Waals surface area contributed by atoms with Gasteiger partial charge in [-0.15, -0.1) is 0 Å². The molecular formula is C27H18O2. The maximum atomic E-state index is 12.1. The van der Waals surface area contributed by atoms with Gasteiger partial charge in [0, 0.05) is 11.1 Å². The van der Waals surface area contributed by atoms with Crippen molar-refractivity contribution >= 4 is 12.6 Å². The normalized spacial score (nSPS) is 13.4. The van der Waals surface area contributed by atoms with Crippen LogP contribution in [0.25, 0.3) is 11.1 Å². The van der Waals surface area contributed by atoms with Crippen molar-refractivity contribution in [3.05, 3.63) is 130 Å². The van der Waals surface area contributed by atoms with Crippen molar-refractivity contribution in [1.82, 2.24) is 0 Å². The lowest BCUT2D eigenvalue weighted by atomic mass is 9.65. The van der Waals surface area contributed by atoms with Crippen LogP contribution in [-0.2, 0) is 5.41 Å². The van der Waals surface area contributed by atoms with Crippen molar-refractivity contribution in [2.24, 2.45) is 0 Å². The van der Waals surface area contributed by atoms with Crippen LogP contribution in [0.3, 0.4) is 0 Å². The predicted molar refractivity (Wildman–Crippen MR) is 115 cm³/mol. The molecular weight excluding hydrogens is 356 g/mol. The second-order valence-electron chi connectivity index (χ2n) is 7.25. The Bertz CT molecular complexity index is 1150. The first-order chi connectivity index (χ1) is 14.3. The number of hydrogen-bond donors (Lipinski definition) is 0. The zero-order valence-corrected chi connectivity index (χ0v) is 15.7. The summed E-state index contributed by atoms with van der Waals surface area (Å²) in [5.41, 5.74) is 6.73. The largest absolute Gasteiger partial charge is 0.298 e. The summed E-state index contributed by atoms with van der Waals surface area (Å²) in [6.07, 6.45) is 1.81. The molecule has 0 aromatic heterocycles. The Morgan fingerprint density at radius 2 is 0.793 bits per heavy atom. The zero-order valence-electron chi connectivity index (χ0n) is 15.7. The summed E-state index contributed by atoms with van der Waals surface area (Å²) in [4.78, 5) is 24.1. The van der Waals surface area contributed by atoms with Gasteiger partial charge in [-0.25, -0.2) is 0 Å². The average molecular weight is 374 g/mol. The number of fused-ring (bicyclic) bond motifs is 3. The van der Waals surface area contributed by atoms with Gasteiger partial charge < -0.3 is 0 Å². The minimum absolute atomic E-state index is 0.625. The van der Waals surface area contributed by atoms with E-state index in [1.165, 1.54) is 0 Å². The molecule has 0 spiro atoms. The van der Waals surface area contributed by atoms with Crippen molar-refractivity contribution in [1.29, 1.82) is 0 Å². The minimum atomic E-state index is -0.734. The molecule has 0 N–H and O–H groups in total. The van der Waals surface area contributed by atoms with Gasteiger partial charge in [-0.1, -0.05) is 97.1 Å². The van der Waals surface area contributed by atoms with Crippen LogP contribution in [0.1, 0.15) is 43.0 Å². The number of benzene rings is 4. The Kier molecular flexibility index (Phi) is 3.99. The van der Waals surface area contributed by atoms with Crippen LogP contribution < -0.4 is 0 Å². The fourth-order valence-corrected chi connectivity index (χ4v) is 4.84. The molecule has 0 atom stereocenters. The smallest absolute Gasteiger partial charge is 0.150 e. The van der Waals surface area contributed by atoms with E-state index in [0.717, 1.165) is 46.0 Å². The molecule has 0 amide bonds. The molecule has 0 bridgehead atoms. The molecule has 1 aliphatic carbocycles. The highest BCUT2D eigenvalue weighted by Gasteiger charge is 2.47. The van der Waals surface area contributed by atoms with Gasteiger partial charge in [0.05, 0.1) is 5.41 Å². The molecule has 0 unspecified atom stereocenters. The third-order valence-electron chi connectivity index (χ3n) is 5.94. The van der Waals surface area contributed by atoms with Gasteiger partial charge >= 0.3 is 0 Å². The average Bonchev–Trinajstić information content (AvgIpc) is 3.10. The summed E-state index contributed by atoms with van der Waals surface area (Å²) in [7, 11) is 0. The molecule has 0 radical (unpaired) electrons. The molecule has 0 saturated heterocycles. The van der Waals surface area contributed by atoms with E-state index in [-0.39, 0.29) is 0 Å². The first-order valence-corrected chi connectivity index (χ1v) is 9.61. The zero-order chi connectivity index (χ0) is 19.8. The van der Waals surface area contributed by atoms with E-state index in [1.54, 1.807) is 0 Å². The Balaban J connectivity index is 2.04. The third kappa shape index (κ3) is 2.29. The standard InChI is InChI=1S/C27H18O2/c28-17-19-9-1-5-13-23(19)27(24-14-6-2-10-20(24)18-29)25-15-7-3-11-21(25)22-12-4-8-16-26(22)27/h1-18H. The van der Waals surface area contributed by atoms with Crippen molar-refractivity contribution in [3.8, 4) is 11.1 Å². The van der Waals surface area contributed by atoms with Crippen LogP contribution in [0.5, 0.6) is 0 Å². The van der Waals surface area contributed by atoms with Crippen LogP contribution >= 0.6 is 0 Å². The molecule has 29 heavy (non-hydrogen) atoms. The fourth-order valence-electron chi connectivity index (χ4n) is 4.84. The highest BCUT2D eigenvalue weighted by atomic mass is 16.1. The lowest BCUT2D eigenvalue weighted by molar-refractivity contribution is 0.111. The molecule has 2 nitrogen and oxygen atoms in total. The summed E-state index contributed by atoms with van der Waals surface area (Å²) < 4.78 is 0. The molecule has 1 aliphatic rings. The van der Waals surface area contributed by atoms with Crippen molar-refractivity contribution in [3.63, 3.8) is 0 Å². The second kappa shape index (κ2) is 6.68. The Labute approximate surface area is 169 Å². The number of aldehydes is 2. The van der Waals surface area contributed by atoms with Gasteiger partial charge in [-0.05, 0) is 33.4 Å². The monoisotopic (exact) mass is 374 g/mol. The Morgan fingerprint density at radius 1 is 0.448 bits per heavy atom. The molecule has 2 heteroatoms. The van der Waals surface area contributed by atoms with Crippen LogP contribution in [-0.4, -0.2) is 12.6 Å². The van der Waals surface area contributed by atoms with Crippen molar-refractivity contribution in [2.45, 2.75) is 5.41 Å². The molecule has 138 valence electrons. The van der Waals surface area contributed by atoms with E-state index in [9.17, 15) is 9.59 Å². The molecule has 0 fully saturated rings. The van der Waals surface area contributed by atoms with Gasteiger partial charge in [0.1, 0.15) is 12.6 Å². The van der Waals surface area contributed by atoms with Crippen molar-refractivity contribution < 1.29 is 9.59 Å². The van der Waals surface area contributed by atoms with Gasteiger partial charge in [-0.3, -0.25) is 9.59 Å². The molecule has 0 heterocycles. The fraction of sp³-hybridized carbons (Fsp3) is 0.0370. The Morgan fingerprint density at radius 3 is 1.21 bits per heavy atom. The lowest BCUT2D eigenvalue weighted by Crippen LogP contribution is -2.31. The van der Waals surface area contributed by atoms with Crippen molar-refractivity contribution in [2.75, 3.05) is 0 Å². The topological polar surface area (TPSA) is 34.1 Å². The summed E-state index contributed by atoms with van der Waals surface area (Å²) >= 11 is 0. The number of carbonyl (C=O) groups excluding carboxylic acids is 2. The first-order valence-electron chi connectivity index (χ1n) is 9.61. The maximum Gasteiger partial charge on any atom is 0.150 e. The van der Waals surface area contributed by atoms with Crippen LogP contribution in [0.15, 0.2) is 97.1 Å². The minimum Gasteiger partial charge on any atom is -0.298 e. The molecule has 0 saturated carbocycles. The van der Waals surface area contributed by atoms with Gasteiger partial charge in [-0.2, -0.15) is 0 Å². The van der Waals surface area contributed by atoms with Crippen LogP contribution in [0.2, 0.25) is 0 Å². The molecule has 0 aliphatic heterocycles. The third-order valence-corrected chi connectivity index (χ3v) is 5.94. The molecule has 4 aromatic rings. The van der Waals surface area contributed by atoms with Crippen LogP contribution in [0, 0.1) is 0 Å². The lowest BCUT2D eigenvalue weighted by Gasteiger charge is -2.35. The van der Waals surface area contributed by atoms with E-state index in [2.05, 4.69) is 24.3 Å². The highest BCUT2D eigenvalue weighted by molar-refractivity contribution is 5.92. The SMILES string of the molecule is O=Cc1ccccc1C1(c2ccccc2C=O)c2ccccc2-c2ccccc21. The second-order valence-corrected chi connectivity index (χ2v) is 7.25. The number of rotatable bonds is 4. The maximum absolute atomic E-state index is 12.1. The van der Waals surface area contributed by atoms with Gasteiger partial charge in [0.2, 0.25) is 0 Å². The summed E-state index contributed by atoms with van der Waals surface area (Å²) in [5.74, 6) is 0. The summed E-state index contributed by atoms with van der Waals surface area (Å²) in [5, 5.41) is 0. The summed E-state index contributed by atoms with van der Waals surface area (Å²) in [6, 6.07) is 31.9. The van der Waals surface area contributed by atoms with E-state index in [1.807, 2.05) is 72.8 Å². The molecule has 4 aromatic carbocycles. The van der Waals surface area contributed by atoms with E-state index in [0.29, 0.717) is 11.1 Å².